The molecule has 4 saturated carbocycles. The van der Waals surface area contributed by atoms with E-state index in [-0.39, 0.29) is 11.4 Å². The van der Waals surface area contributed by atoms with E-state index in [4.69, 9.17) is 9.15 Å². The van der Waals surface area contributed by atoms with Gasteiger partial charge in [0.1, 0.15) is 17.1 Å². The second-order valence-electron chi connectivity index (χ2n) is 8.56. The van der Waals surface area contributed by atoms with Crippen LogP contribution in [0.25, 0.3) is 0 Å². The Labute approximate surface area is 148 Å². The molecule has 4 aliphatic carbocycles. The van der Waals surface area contributed by atoms with Crippen LogP contribution in [0, 0.1) is 31.6 Å². The van der Waals surface area contributed by atoms with E-state index in [0.717, 1.165) is 37.0 Å². The summed E-state index contributed by atoms with van der Waals surface area (Å²) in [7, 11) is 0. The number of hydrogen-bond acceptors (Lipinski definition) is 4. The van der Waals surface area contributed by atoms with Crippen molar-refractivity contribution in [3.63, 3.8) is 0 Å². The first kappa shape index (κ1) is 16.7. The van der Waals surface area contributed by atoms with Gasteiger partial charge in [-0.25, -0.2) is 4.79 Å². The van der Waals surface area contributed by atoms with Crippen molar-refractivity contribution in [3.8, 4) is 0 Å². The Hall–Kier alpha value is -1.78. The van der Waals surface area contributed by atoms with Crippen molar-refractivity contribution < 1.29 is 18.7 Å². The summed E-state index contributed by atoms with van der Waals surface area (Å²) in [5.74, 6) is 2.81. The lowest BCUT2D eigenvalue weighted by atomic mass is 9.53. The van der Waals surface area contributed by atoms with Crippen LogP contribution in [-0.2, 0) is 9.53 Å². The van der Waals surface area contributed by atoms with Gasteiger partial charge in [0.05, 0.1) is 0 Å². The standard InChI is InChI=1S/C20H27NO4/c1-11-4-17(12(2)24-11)19(23)25-13(3)18(22)21-20-8-14-5-15(9-20)7-16(6-14)10-20/h4,13-16H,5-10H2,1-3H3,(H,21,22). The molecule has 136 valence electrons. The van der Waals surface area contributed by atoms with Gasteiger partial charge in [-0.15, -0.1) is 0 Å². The zero-order chi connectivity index (χ0) is 17.8. The van der Waals surface area contributed by atoms with E-state index in [1.165, 1.54) is 19.3 Å². The van der Waals surface area contributed by atoms with E-state index in [2.05, 4.69) is 5.32 Å². The fourth-order valence-electron chi connectivity index (χ4n) is 5.74. The smallest absolute Gasteiger partial charge is 0.342 e. The molecule has 0 saturated heterocycles. The number of esters is 1. The summed E-state index contributed by atoms with van der Waals surface area (Å²) in [4.78, 5) is 25.0. The molecule has 0 spiro atoms. The molecule has 25 heavy (non-hydrogen) atoms. The molecule has 0 aliphatic heterocycles. The average Bonchev–Trinajstić information content (AvgIpc) is 2.84. The van der Waals surface area contributed by atoms with E-state index in [9.17, 15) is 9.59 Å². The largest absolute Gasteiger partial charge is 0.466 e. The number of carbonyl (C=O) groups excluding carboxylic acids is 2. The third kappa shape index (κ3) is 3.09. The van der Waals surface area contributed by atoms with Gasteiger partial charge in [-0.05, 0) is 83.1 Å². The zero-order valence-corrected chi connectivity index (χ0v) is 15.3. The Morgan fingerprint density at radius 1 is 1.16 bits per heavy atom. The molecular weight excluding hydrogens is 318 g/mol. The van der Waals surface area contributed by atoms with Crippen molar-refractivity contribution in [3.05, 3.63) is 23.2 Å². The maximum Gasteiger partial charge on any atom is 0.342 e. The second-order valence-corrected chi connectivity index (χ2v) is 8.56. The van der Waals surface area contributed by atoms with Gasteiger partial charge in [0, 0.05) is 5.54 Å². The second kappa shape index (κ2) is 5.89. The number of ether oxygens (including phenoxy) is 1. The summed E-state index contributed by atoms with van der Waals surface area (Å²) in [5.41, 5.74) is 0.334. The highest BCUT2D eigenvalue weighted by molar-refractivity contribution is 5.93. The maximum atomic E-state index is 12.7. The van der Waals surface area contributed by atoms with Crippen molar-refractivity contribution in [2.45, 2.75) is 70.9 Å². The number of amides is 1. The Bertz CT molecular complexity index is 669. The van der Waals surface area contributed by atoms with Crippen LogP contribution in [0.3, 0.4) is 0 Å². The minimum absolute atomic E-state index is 0.0609. The number of aryl methyl sites for hydroxylation is 2. The maximum absolute atomic E-state index is 12.7. The van der Waals surface area contributed by atoms with Gasteiger partial charge in [-0.2, -0.15) is 0 Å². The zero-order valence-electron chi connectivity index (χ0n) is 15.3. The van der Waals surface area contributed by atoms with Crippen LogP contribution in [0.1, 0.15) is 67.3 Å². The summed E-state index contributed by atoms with van der Waals surface area (Å²) in [6.45, 7) is 5.16. The van der Waals surface area contributed by atoms with Crippen molar-refractivity contribution in [1.82, 2.24) is 5.32 Å². The van der Waals surface area contributed by atoms with Gasteiger partial charge < -0.3 is 14.5 Å². The predicted octanol–water partition coefficient (Wildman–Crippen LogP) is 3.53. The first-order valence-electron chi connectivity index (χ1n) is 9.43. The Morgan fingerprint density at radius 3 is 2.20 bits per heavy atom. The van der Waals surface area contributed by atoms with Crippen LogP contribution < -0.4 is 5.32 Å². The van der Waals surface area contributed by atoms with Crippen LogP contribution in [0.15, 0.2) is 10.5 Å². The molecule has 1 N–H and O–H groups in total. The minimum Gasteiger partial charge on any atom is -0.466 e. The quantitative estimate of drug-likeness (QED) is 0.848. The molecule has 4 fully saturated rings. The lowest BCUT2D eigenvalue weighted by Gasteiger charge is -2.57. The molecule has 5 nitrogen and oxygen atoms in total. The molecule has 1 aromatic heterocycles. The number of furan rings is 1. The molecule has 4 bridgehead atoms. The number of hydrogen-bond donors (Lipinski definition) is 1. The summed E-state index contributed by atoms with van der Waals surface area (Å²) < 4.78 is 10.8. The molecule has 0 aromatic carbocycles. The van der Waals surface area contributed by atoms with Crippen LogP contribution in [0.5, 0.6) is 0 Å². The van der Waals surface area contributed by atoms with Gasteiger partial charge in [0.25, 0.3) is 5.91 Å². The van der Waals surface area contributed by atoms with Gasteiger partial charge in [-0.3, -0.25) is 4.79 Å². The number of carbonyl (C=O) groups is 2. The summed E-state index contributed by atoms with van der Waals surface area (Å²) in [6, 6.07) is 1.65. The van der Waals surface area contributed by atoms with Crippen molar-refractivity contribution >= 4 is 11.9 Å². The van der Waals surface area contributed by atoms with Crippen LogP contribution in [-0.4, -0.2) is 23.5 Å². The fourth-order valence-corrected chi connectivity index (χ4v) is 5.74. The van der Waals surface area contributed by atoms with Crippen molar-refractivity contribution in [2.24, 2.45) is 17.8 Å². The molecule has 1 atom stereocenters. The molecule has 1 amide bonds. The van der Waals surface area contributed by atoms with Gasteiger partial charge in [0.15, 0.2) is 6.10 Å². The molecule has 1 heterocycles. The van der Waals surface area contributed by atoms with Crippen LogP contribution in [0.4, 0.5) is 0 Å². The third-order valence-corrected chi connectivity index (χ3v) is 6.34. The molecule has 1 aromatic rings. The van der Waals surface area contributed by atoms with Crippen molar-refractivity contribution in [1.29, 1.82) is 0 Å². The lowest BCUT2D eigenvalue weighted by molar-refractivity contribution is -0.134. The minimum atomic E-state index is -0.796. The van der Waals surface area contributed by atoms with E-state index >= 15 is 0 Å². The first-order valence-corrected chi connectivity index (χ1v) is 9.43. The Kier molecular flexibility index (Phi) is 3.93. The molecule has 0 radical (unpaired) electrons. The SMILES string of the molecule is Cc1cc(C(=O)OC(C)C(=O)NC23CC4CC(CC(C4)C2)C3)c(C)o1. The van der Waals surface area contributed by atoms with E-state index in [0.29, 0.717) is 17.1 Å². The average molecular weight is 345 g/mol. The predicted molar refractivity (Wildman–Crippen MR) is 92.1 cm³/mol. The number of nitrogens with one attached hydrogen (secondary N) is 1. The highest BCUT2D eigenvalue weighted by Gasteiger charge is 2.51. The summed E-state index contributed by atoms with van der Waals surface area (Å²) in [6.07, 6.45) is 6.47. The number of rotatable bonds is 4. The van der Waals surface area contributed by atoms with E-state index < -0.39 is 12.1 Å². The van der Waals surface area contributed by atoms with Crippen molar-refractivity contribution in [2.75, 3.05) is 0 Å². The van der Waals surface area contributed by atoms with Gasteiger partial charge >= 0.3 is 5.97 Å². The van der Waals surface area contributed by atoms with Crippen LogP contribution in [0.2, 0.25) is 0 Å². The Balaban J connectivity index is 1.39. The summed E-state index contributed by atoms with van der Waals surface area (Å²) >= 11 is 0. The lowest BCUT2D eigenvalue weighted by Crippen LogP contribution is -2.61. The van der Waals surface area contributed by atoms with E-state index in [1.807, 2.05) is 0 Å². The topological polar surface area (TPSA) is 68.5 Å². The molecule has 1 unspecified atom stereocenters. The fraction of sp³-hybridized carbons (Fsp3) is 0.700. The normalized spacial score (nSPS) is 34.0. The summed E-state index contributed by atoms with van der Waals surface area (Å²) in [5, 5.41) is 3.26. The van der Waals surface area contributed by atoms with Gasteiger partial charge in [0.2, 0.25) is 0 Å². The highest BCUT2D eigenvalue weighted by atomic mass is 16.5. The van der Waals surface area contributed by atoms with E-state index in [1.54, 1.807) is 26.8 Å². The monoisotopic (exact) mass is 345 g/mol. The first-order chi connectivity index (χ1) is 11.8. The highest BCUT2D eigenvalue weighted by Crippen LogP contribution is 2.55. The van der Waals surface area contributed by atoms with Gasteiger partial charge in [-0.1, -0.05) is 0 Å². The molecule has 5 heteroatoms. The van der Waals surface area contributed by atoms with Crippen LogP contribution >= 0.6 is 0 Å². The molecule has 5 rings (SSSR count). The molecule has 4 aliphatic rings. The molecular formula is C20H27NO4. The Morgan fingerprint density at radius 2 is 1.72 bits per heavy atom. The third-order valence-electron chi connectivity index (χ3n) is 6.34.